The third kappa shape index (κ3) is 3.29. The van der Waals surface area contributed by atoms with Crippen LogP contribution in [-0.4, -0.2) is 11.0 Å². The monoisotopic (exact) mass is 260 g/mol. The topological polar surface area (TPSA) is 48.1 Å². The molecule has 2 atom stereocenters. The summed E-state index contributed by atoms with van der Waals surface area (Å²) in [5.74, 6) is 0.182. The van der Waals surface area contributed by atoms with E-state index >= 15 is 0 Å². The van der Waals surface area contributed by atoms with Crippen LogP contribution in [0.3, 0.4) is 0 Å². The van der Waals surface area contributed by atoms with E-state index in [1.807, 2.05) is 26.0 Å². The van der Waals surface area contributed by atoms with E-state index in [1.165, 1.54) is 12.1 Å². The molecule has 1 heterocycles. The third-order valence-corrected chi connectivity index (χ3v) is 2.89. The largest absolute Gasteiger partial charge is 0.484 e. The van der Waals surface area contributed by atoms with Crippen molar-refractivity contribution >= 4 is 0 Å². The highest BCUT2D eigenvalue weighted by Crippen LogP contribution is 2.27. The lowest BCUT2D eigenvalue weighted by molar-refractivity contribution is 0.178. The number of hydrogen-bond donors (Lipinski definition) is 1. The van der Waals surface area contributed by atoms with Gasteiger partial charge < -0.3 is 10.5 Å². The van der Waals surface area contributed by atoms with Gasteiger partial charge in [0.25, 0.3) is 0 Å². The van der Waals surface area contributed by atoms with Crippen molar-refractivity contribution in [3.63, 3.8) is 0 Å². The number of aromatic nitrogens is 1. The van der Waals surface area contributed by atoms with Gasteiger partial charge in [0.05, 0.1) is 0 Å². The SMILES string of the molecule is Cc1ccc(F)cc1OC(c1cccnc1)C(C)N. The zero-order valence-corrected chi connectivity index (χ0v) is 11.0. The summed E-state index contributed by atoms with van der Waals surface area (Å²) < 4.78 is 19.1. The van der Waals surface area contributed by atoms with Crippen molar-refractivity contribution in [2.24, 2.45) is 5.73 Å². The van der Waals surface area contributed by atoms with Gasteiger partial charge in [-0.25, -0.2) is 4.39 Å². The van der Waals surface area contributed by atoms with Gasteiger partial charge in [0.1, 0.15) is 17.7 Å². The number of aryl methyl sites for hydroxylation is 1. The Morgan fingerprint density at radius 3 is 2.74 bits per heavy atom. The van der Waals surface area contributed by atoms with E-state index < -0.39 is 0 Å². The van der Waals surface area contributed by atoms with Crippen molar-refractivity contribution in [1.29, 1.82) is 0 Å². The summed E-state index contributed by atoms with van der Waals surface area (Å²) in [7, 11) is 0. The first-order chi connectivity index (χ1) is 9.08. The zero-order valence-electron chi connectivity index (χ0n) is 11.0. The summed E-state index contributed by atoms with van der Waals surface area (Å²) >= 11 is 0. The van der Waals surface area contributed by atoms with Gasteiger partial charge in [0.2, 0.25) is 0 Å². The Morgan fingerprint density at radius 1 is 1.32 bits per heavy atom. The fourth-order valence-corrected chi connectivity index (χ4v) is 1.86. The average molecular weight is 260 g/mol. The van der Waals surface area contributed by atoms with Crippen LogP contribution in [0.1, 0.15) is 24.2 Å². The highest BCUT2D eigenvalue weighted by Gasteiger charge is 2.19. The highest BCUT2D eigenvalue weighted by atomic mass is 19.1. The summed E-state index contributed by atoms with van der Waals surface area (Å²) in [4.78, 5) is 4.06. The number of halogens is 1. The van der Waals surface area contributed by atoms with Crippen LogP contribution >= 0.6 is 0 Å². The van der Waals surface area contributed by atoms with Crippen LogP contribution in [0.15, 0.2) is 42.7 Å². The minimum absolute atomic E-state index is 0.230. The lowest BCUT2D eigenvalue weighted by Gasteiger charge is -2.23. The van der Waals surface area contributed by atoms with E-state index in [4.69, 9.17) is 10.5 Å². The first-order valence-electron chi connectivity index (χ1n) is 6.16. The lowest BCUT2D eigenvalue weighted by Crippen LogP contribution is -2.29. The van der Waals surface area contributed by atoms with Gasteiger partial charge in [-0.3, -0.25) is 4.98 Å². The lowest BCUT2D eigenvalue weighted by atomic mass is 10.1. The minimum atomic E-state index is -0.353. The number of benzene rings is 1. The van der Waals surface area contributed by atoms with Gasteiger partial charge in [0, 0.05) is 30.1 Å². The molecule has 2 unspecified atom stereocenters. The molecule has 2 rings (SSSR count). The molecule has 0 spiro atoms. The first kappa shape index (κ1) is 13.5. The Bertz CT molecular complexity index is 543. The molecule has 2 N–H and O–H groups in total. The zero-order chi connectivity index (χ0) is 13.8. The van der Waals surface area contributed by atoms with E-state index in [-0.39, 0.29) is 18.0 Å². The molecule has 100 valence electrons. The molecule has 0 aliphatic heterocycles. The number of hydrogen-bond acceptors (Lipinski definition) is 3. The van der Waals surface area contributed by atoms with Crippen molar-refractivity contribution in [2.75, 3.05) is 0 Å². The summed E-state index contributed by atoms with van der Waals surface area (Å²) in [6.45, 7) is 3.72. The fraction of sp³-hybridized carbons (Fsp3) is 0.267. The van der Waals surface area contributed by atoms with Crippen LogP contribution in [0, 0.1) is 12.7 Å². The van der Waals surface area contributed by atoms with Crippen LogP contribution in [0.5, 0.6) is 5.75 Å². The molecule has 0 amide bonds. The fourth-order valence-electron chi connectivity index (χ4n) is 1.86. The van der Waals surface area contributed by atoms with Gasteiger partial charge >= 0.3 is 0 Å². The Hall–Kier alpha value is -1.94. The highest BCUT2D eigenvalue weighted by molar-refractivity contribution is 5.33. The Balaban J connectivity index is 2.29. The van der Waals surface area contributed by atoms with Crippen LogP contribution in [-0.2, 0) is 0 Å². The van der Waals surface area contributed by atoms with E-state index in [0.717, 1.165) is 11.1 Å². The molecule has 4 heteroatoms. The van der Waals surface area contributed by atoms with Crippen molar-refractivity contribution in [3.05, 3.63) is 59.7 Å². The van der Waals surface area contributed by atoms with Gasteiger partial charge in [-0.2, -0.15) is 0 Å². The Kier molecular flexibility index (Phi) is 4.12. The molecule has 0 saturated carbocycles. The molecule has 0 bridgehead atoms. The molecule has 2 aromatic rings. The molecule has 0 saturated heterocycles. The predicted octanol–water partition coefficient (Wildman–Crippen LogP) is 3.00. The third-order valence-electron chi connectivity index (χ3n) is 2.89. The number of rotatable bonds is 4. The maximum atomic E-state index is 13.3. The Labute approximate surface area is 112 Å². The van der Waals surface area contributed by atoms with Gasteiger partial charge in [-0.15, -0.1) is 0 Å². The van der Waals surface area contributed by atoms with Crippen molar-refractivity contribution in [3.8, 4) is 5.75 Å². The second-order valence-electron chi connectivity index (χ2n) is 4.59. The number of pyridine rings is 1. The van der Waals surface area contributed by atoms with Gasteiger partial charge in [-0.05, 0) is 31.5 Å². The van der Waals surface area contributed by atoms with Gasteiger partial charge in [0.15, 0.2) is 0 Å². The van der Waals surface area contributed by atoms with Crippen LogP contribution in [0.25, 0.3) is 0 Å². The van der Waals surface area contributed by atoms with Crippen LogP contribution < -0.4 is 10.5 Å². The maximum Gasteiger partial charge on any atom is 0.140 e. The van der Waals surface area contributed by atoms with Gasteiger partial charge in [-0.1, -0.05) is 12.1 Å². The van der Waals surface area contributed by atoms with Crippen molar-refractivity contribution in [1.82, 2.24) is 4.98 Å². The van der Waals surface area contributed by atoms with Crippen molar-refractivity contribution < 1.29 is 9.13 Å². The van der Waals surface area contributed by atoms with Crippen LogP contribution in [0.2, 0.25) is 0 Å². The number of nitrogens with zero attached hydrogens (tertiary/aromatic N) is 1. The summed E-state index contributed by atoms with van der Waals surface area (Å²) in [6, 6.07) is 7.97. The predicted molar refractivity (Wildman–Crippen MR) is 72.4 cm³/mol. The molecule has 0 radical (unpaired) electrons. The normalized spacial score (nSPS) is 13.9. The van der Waals surface area contributed by atoms with E-state index in [1.54, 1.807) is 18.5 Å². The summed E-state index contributed by atoms with van der Waals surface area (Å²) in [6.07, 6.45) is 3.05. The first-order valence-corrected chi connectivity index (χ1v) is 6.16. The molecule has 0 fully saturated rings. The second kappa shape index (κ2) is 5.80. The molecule has 0 aliphatic rings. The molecular weight excluding hydrogens is 243 g/mol. The number of ether oxygens (including phenoxy) is 1. The number of nitrogens with two attached hydrogens (primary N) is 1. The standard InChI is InChI=1S/C15H17FN2O/c1-10-5-6-13(16)8-14(10)19-15(11(2)17)12-4-3-7-18-9-12/h3-9,11,15H,17H2,1-2H3. The molecule has 1 aromatic carbocycles. The molecule has 19 heavy (non-hydrogen) atoms. The van der Waals surface area contributed by atoms with Crippen molar-refractivity contribution in [2.45, 2.75) is 26.0 Å². The van der Waals surface area contributed by atoms with E-state index in [0.29, 0.717) is 5.75 Å². The molecule has 0 aliphatic carbocycles. The quantitative estimate of drug-likeness (QED) is 0.919. The van der Waals surface area contributed by atoms with Crippen LogP contribution in [0.4, 0.5) is 4.39 Å². The maximum absolute atomic E-state index is 13.3. The molecular formula is C15H17FN2O. The molecule has 3 nitrogen and oxygen atoms in total. The minimum Gasteiger partial charge on any atom is -0.484 e. The average Bonchev–Trinajstić information content (AvgIpc) is 2.40. The second-order valence-corrected chi connectivity index (χ2v) is 4.59. The summed E-state index contributed by atoms with van der Waals surface area (Å²) in [5.41, 5.74) is 7.71. The Morgan fingerprint density at radius 2 is 2.11 bits per heavy atom. The molecule has 1 aromatic heterocycles. The van der Waals surface area contributed by atoms with E-state index in [9.17, 15) is 4.39 Å². The smallest absolute Gasteiger partial charge is 0.140 e. The van der Waals surface area contributed by atoms with E-state index in [2.05, 4.69) is 4.98 Å². The summed E-state index contributed by atoms with van der Waals surface area (Å²) in [5, 5.41) is 0.